The Morgan fingerprint density at radius 3 is 0.938 bits per heavy atom. The molecular weight excluding hydrogens is 596 g/mol. The summed E-state index contributed by atoms with van der Waals surface area (Å²) in [6.07, 6.45) is 0. The number of carbonyl (C=O) groups excluding carboxylic acids is 4. The van der Waals surface area contributed by atoms with Crippen LogP contribution in [-0.2, 0) is 0 Å². The van der Waals surface area contributed by atoms with Crippen molar-refractivity contribution in [3.63, 3.8) is 0 Å². The number of benzene rings is 6. The molecule has 0 aromatic heterocycles. The average Bonchev–Trinajstić information content (AvgIpc) is 3.52. The van der Waals surface area contributed by atoms with E-state index in [1.54, 1.807) is 48.5 Å². The molecule has 48 heavy (non-hydrogen) atoms. The molecule has 0 saturated carbocycles. The maximum atomic E-state index is 13.4. The molecule has 0 unspecified atom stereocenters. The molecule has 0 radical (unpaired) electrons. The number of aryl methyl sites for hydroxylation is 2. The third-order valence-electron chi connectivity index (χ3n) is 9.13. The van der Waals surface area contributed by atoms with Crippen LogP contribution in [0.2, 0.25) is 0 Å². The maximum Gasteiger partial charge on any atom is 0.266 e. The van der Waals surface area contributed by atoms with Gasteiger partial charge in [0, 0.05) is 0 Å². The lowest BCUT2D eigenvalue weighted by Gasteiger charge is -2.16. The highest BCUT2D eigenvalue weighted by Gasteiger charge is 2.38. The lowest BCUT2D eigenvalue weighted by Crippen LogP contribution is -2.29. The normalized spacial score (nSPS) is 13.7. The van der Waals surface area contributed by atoms with E-state index in [0.29, 0.717) is 33.6 Å². The summed E-state index contributed by atoms with van der Waals surface area (Å²) in [5.74, 6) is -1.41. The number of rotatable bonds is 5. The van der Waals surface area contributed by atoms with Crippen LogP contribution in [0, 0.1) is 13.8 Å². The van der Waals surface area contributed by atoms with Gasteiger partial charge in [-0.3, -0.25) is 19.2 Å². The molecule has 0 aliphatic carbocycles. The van der Waals surface area contributed by atoms with Crippen molar-refractivity contribution in [3.8, 4) is 33.4 Å². The van der Waals surface area contributed by atoms with Crippen LogP contribution in [0.15, 0.2) is 133 Å². The summed E-state index contributed by atoms with van der Waals surface area (Å²) < 4.78 is 0. The number of anilines is 2. The van der Waals surface area contributed by atoms with Crippen LogP contribution in [0.5, 0.6) is 0 Å². The standard InChI is InChI=1S/C42H28N2O4/c1-25-3-7-29(8-4-25)31-15-21-35-37(23-31)41(47)43(39(35)45)33-17-11-27(12-18-33)28-13-19-34(20-14-28)44-40(46)36-22-16-32(24-38(36)42(44)48)30-9-5-26(2)6-10-30/h3-24H,1-2H3. The molecule has 6 aromatic carbocycles. The number of fused-ring (bicyclic) bond motifs is 2. The summed E-state index contributed by atoms with van der Waals surface area (Å²) in [6, 6.07) is 41.2. The second-order valence-corrected chi connectivity index (χ2v) is 12.2. The molecule has 0 bridgehead atoms. The van der Waals surface area contributed by atoms with Crippen LogP contribution in [0.25, 0.3) is 33.4 Å². The summed E-state index contributed by atoms with van der Waals surface area (Å²) in [7, 11) is 0. The van der Waals surface area contributed by atoms with Crippen molar-refractivity contribution < 1.29 is 19.2 Å². The van der Waals surface area contributed by atoms with E-state index < -0.39 is 0 Å². The summed E-state index contributed by atoms with van der Waals surface area (Å²) in [6.45, 7) is 4.04. The molecule has 230 valence electrons. The predicted octanol–water partition coefficient (Wildman–Crippen LogP) is 8.91. The molecule has 8 rings (SSSR count). The third kappa shape index (κ3) is 4.74. The highest BCUT2D eigenvalue weighted by molar-refractivity contribution is 6.35. The van der Waals surface area contributed by atoms with Gasteiger partial charge >= 0.3 is 0 Å². The minimum absolute atomic E-state index is 0.352. The van der Waals surface area contributed by atoms with Gasteiger partial charge in [-0.25, -0.2) is 9.80 Å². The molecule has 6 aromatic rings. The van der Waals surface area contributed by atoms with E-state index in [1.165, 1.54) is 9.80 Å². The minimum atomic E-state index is -0.354. The minimum Gasteiger partial charge on any atom is -0.268 e. The fourth-order valence-electron chi connectivity index (χ4n) is 6.41. The SMILES string of the molecule is Cc1ccc(-c2ccc3c(c2)C(=O)N(c2ccc(-c4ccc(N5C(=O)c6ccc(-c7ccc(C)cc7)cc6C5=O)cc4)cc2)C3=O)cc1. The van der Waals surface area contributed by atoms with Crippen LogP contribution in [-0.4, -0.2) is 23.6 Å². The van der Waals surface area contributed by atoms with Gasteiger partial charge < -0.3 is 0 Å². The Bertz CT molecular complexity index is 2140. The van der Waals surface area contributed by atoms with Crippen molar-refractivity contribution in [1.82, 2.24) is 0 Å². The lowest BCUT2D eigenvalue weighted by atomic mass is 9.99. The first kappa shape index (κ1) is 29.0. The highest BCUT2D eigenvalue weighted by Crippen LogP contribution is 2.35. The second-order valence-electron chi connectivity index (χ2n) is 12.2. The fourth-order valence-corrected chi connectivity index (χ4v) is 6.41. The van der Waals surface area contributed by atoms with E-state index in [-0.39, 0.29) is 23.6 Å². The summed E-state index contributed by atoms with van der Waals surface area (Å²) >= 11 is 0. The molecule has 0 atom stereocenters. The second kappa shape index (κ2) is 11.1. The molecule has 2 heterocycles. The van der Waals surface area contributed by atoms with E-state index in [9.17, 15) is 19.2 Å². The highest BCUT2D eigenvalue weighted by atomic mass is 16.2. The maximum absolute atomic E-state index is 13.4. The number of hydrogen-bond acceptors (Lipinski definition) is 4. The first-order chi connectivity index (χ1) is 23.3. The Balaban J connectivity index is 1.01. The van der Waals surface area contributed by atoms with E-state index >= 15 is 0 Å². The number of hydrogen-bond donors (Lipinski definition) is 0. The van der Waals surface area contributed by atoms with Gasteiger partial charge in [0.15, 0.2) is 0 Å². The molecule has 2 aliphatic rings. The molecule has 2 aliphatic heterocycles. The van der Waals surface area contributed by atoms with E-state index in [1.807, 2.05) is 98.8 Å². The van der Waals surface area contributed by atoms with Gasteiger partial charge in [0.1, 0.15) is 0 Å². The molecule has 0 spiro atoms. The van der Waals surface area contributed by atoms with Gasteiger partial charge in [0.2, 0.25) is 0 Å². The molecule has 0 saturated heterocycles. The van der Waals surface area contributed by atoms with Crippen molar-refractivity contribution in [2.24, 2.45) is 0 Å². The fraction of sp³-hybridized carbons (Fsp3) is 0.0476. The zero-order valence-corrected chi connectivity index (χ0v) is 26.2. The summed E-state index contributed by atoms with van der Waals surface area (Å²) in [5.41, 5.74) is 10.2. The van der Waals surface area contributed by atoms with E-state index in [2.05, 4.69) is 0 Å². The first-order valence-corrected chi connectivity index (χ1v) is 15.7. The van der Waals surface area contributed by atoms with Crippen LogP contribution < -0.4 is 9.80 Å². The summed E-state index contributed by atoms with van der Waals surface area (Å²) in [5, 5.41) is 0. The number of imide groups is 2. The van der Waals surface area contributed by atoms with Gasteiger partial charge in [0.25, 0.3) is 23.6 Å². The smallest absolute Gasteiger partial charge is 0.266 e. The van der Waals surface area contributed by atoms with Gasteiger partial charge in [0.05, 0.1) is 33.6 Å². The van der Waals surface area contributed by atoms with Crippen molar-refractivity contribution in [3.05, 3.63) is 167 Å². The molecule has 0 fully saturated rings. The van der Waals surface area contributed by atoms with E-state index in [4.69, 9.17) is 0 Å². The van der Waals surface area contributed by atoms with Gasteiger partial charge in [-0.2, -0.15) is 0 Å². The predicted molar refractivity (Wildman–Crippen MR) is 187 cm³/mol. The Morgan fingerprint density at radius 1 is 0.312 bits per heavy atom. The number of amides is 4. The van der Waals surface area contributed by atoms with Crippen LogP contribution in [0.4, 0.5) is 11.4 Å². The third-order valence-corrected chi connectivity index (χ3v) is 9.13. The Hall–Kier alpha value is -6.40. The zero-order valence-electron chi connectivity index (χ0n) is 26.2. The van der Waals surface area contributed by atoms with Crippen molar-refractivity contribution in [2.75, 3.05) is 9.80 Å². The Labute approximate surface area is 277 Å². The molecule has 6 heteroatoms. The largest absolute Gasteiger partial charge is 0.268 e. The van der Waals surface area contributed by atoms with Crippen LogP contribution in [0.1, 0.15) is 52.6 Å². The number of carbonyl (C=O) groups is 4. The van der Waals surface area contributed by atoms with Gasteiger partial charge in [-0.05, 0) is 95.8 Å². The van der Waals surface area contributed by atoms with Crippen molar-refractivity contribution in [1.29, 1.82) is 0 Å². The van der Waals surface area contributed by atoms with Crippen molar-refractivity contribution >= 4 is 35.0 Å². The van der Waals surface area contributed by atoms with Crippen molar-refractivity contribution in [2.45, 2.75) is 13.8 Å². The molecular formula is C42H28N2O4. The zero-order chi connectivity index (χ0) is 33.1. The lowest BCUT2D eigenvalue weighted by molar-refractivity contribution is 0.0910. The average molecular weight is 625 g/mol. The van der Waals surface area contributed by atoms with Gasteiger partial charge in [-0.15, -0.1) is 0 Å². The topological polar surface area (TPSA) is 74.8 Å². The van der Waals surface area contributed by atoms with E-state index in [0.717, 1.165) is 44.5 Å². The quantitative estimate of drug-likeness (QED) is 0.180. The Morgan fingerprint density at radius 2 is 0.583 bits per heavy atom. The van der Waals surface area contributed by atoms with Gasteiger partial charge in [-0.1, -0.05) is 96.1 Å². The molecule has 4 amide bonds. The molecule has 6 nitrogen and oxygen atoms in total. The Kier molecular flexibility index (Phi) is 6.74. The van der Waals surface area contributed by atoms with Crippen LogP contribution >= 0.6 is 0 Å². The van der Waals surface area contributed by atoms with Crippen LogP contribution in [0.3, 0.4) is 0 Å². The summed E-state index contributed by atoms with van der Waals surface area (Å²) in [4.78, 5) is 55.9. The monoisotopic (exact) mass is 624 g/mol. The number of nitrogens with zero attached hydrogens (tertiary/aromatic N) is 2. The first-order valence-electron chi connectivity index (χ1n) is 15.7. The molecule has 0 N–H and O–H groups in total.